The van der Waals surface area contributed by atoms with Crippen molar-refractivity contribution in [3.8, 4) is 5.75 Å². The molecule has 104 valence electrons. The van der Waals surface area contributed by atoms with Crippen LogP contribution in [0.3, 0.4) is 0 Å². The minimum Gasteiger partial charge on any atom is -0.507 e. The van der Waals surface area contributed by atoms with E-state index in [0.29, 0.717) is 11.8 Å². The number of amides is 1. The van der Waals surface area contributed by atoms with Crippen LogP contribution in [0.4, 0.5) is 4.39 Å². The Morgan fingerprint density at radius 1 is 1.32 bits per heavy atom. The molecule has 0 bridgehead atoms. The Labute approximate surface area is 112 Å². The molecule has 0 saturated heterocycles. The van der Waals surface area contributed by atoms with Crippen LogP contribution >= 0.6 is 0 Å². The summed E-state index contributed by atoms with van der Waals surface area (Å²) in [4.78, 5) is 12.0. The van der Waals surface area contributed by atoms with Crippen molar-refractivity contribution in [2.45, 2.75) is 39.2 Å². The molecule has 4 heteroatoms. The van der Waals surface area contributed by atoms with E-state index >= 15 is 0 Å². The van der Waals surface area contributed by atoms with E-state index in [0.717, 1.165) is 31.4 Å². The van der Waals surface area contributed by atoms with E-state index < -0.39 is 11.7 Å². The van der Waals surface area contributed by atoms with Crippen molar-refractivity contribution in [1.29, 1.82) is 0 Å². The van der Waals surface area contributed by atoms with Crippen LogP contribution in [0.5, 0.6) is 5.75 Å². The van der Waals surface area contributed by atoms with Gasteiger partial charge in [0.05, 0.1) is 5.56 Å². The first-order valence-corrected chi connectivity index (χ1v) is 6.76. The highest BCUT2D eigenvalue weighted by atomic mass is 19.1. The maximum Gasteiger partial charge on any atom is 0.255 e. The first kappa shape index (κ1) is 13.8. The summed E-state index contributed by atoms with van der Waals surface area (Å²) in [6.07, 6.45) is 2.96. The number of aromatic hydroxyl groups is 1. The third-order valence-corrected chi connectivity index (χ3v) is 4.14. The molecule has 1 aliphatic carbocycles. The predicted octanol–water partition coefficient (Wildman–Crippen LogP) is 3.09. The van der Waals surface area contributed by atoms with E-state index in [1.54, 1.807) is 0 Å². The normalized spacial score (nSPS) is 27.0. The van der Waals surface area contributed by atoms with Crippen molar-refractivity contribution in [3.05, 3.63) is 29.6 Å². The molecule has 1 saturated carbocycles. The Bertz CT molecular complexity index is 475. The summed E-state index contributed by atoms with van der Waals surface area (Å²) in [6.45, 7) is 4.41. The summed E-state index contributed by atoms with van der Waals surface area (Å²) in [6, 6.07) is 3.52. The molecule has 2 rings (SSSR count). The highest BCUT2D eigenvalue weighted by Crippen LogP contribution is 2.29. The highest BCUT2D eigenvalue weighted by Gasteiger charge is 2.26. The average Bonchev–Trinajstić information content (AvgIpc) is 2.36. The van der Waals surface area contributed by atoms with Crippen LogP contribution in [0.15, 0.2) is 18.2 Å². The largest absolute Gasteiger partial charge is 0.507 e. The Morgan fingerprint density at radius 3 is 2.74 bits per heavy atom. The van der Waals surface area contributed by atoms with Crippen molar-refractivity contribution in [3.63, 3.8) is 0 Å². The lowest BCUT2D eigenvalue weighted by Crippen LogP contribution is -2.39. The monoisotopic (exact) mass is 265 g/mol. The second kappa shape index (κ2) is 5.59. The van der Waals surface area contributed by atoms with Gasteiger partial charge in [-0.1, -0.05) is 13.8 Å². The van der Waals surface area contributed by atoms with Gasteiger partial charge < -0.3 is 10.4 Å². The van der Waals surface area contributed by atoms with Crippen LogP contribution in [0.25, 0.3) is 0 Å². The number of carbonyl (C=O) groups excluding carboxylic acids is 1. The van der Waals surface area contributed by atoms with Gasteiger partial charge in [-0.15, -0.1) is 0 Å². The van der Waals surface area contributed by atoms with Gasteiger partial charge in [0.1, 0.15) is 11.6 Å². The Kier molecular flexibility index (Phi) is 4.08. The zero-order chi connectivity index (χ0) is 14.0. The van der Waals surface area contributed by atoms with Gasteiger partial charge in [0.25, 0.3) is 5.91 Å². The minimum absolute atomic E-state index is 0.00581. The molecule has 1 aliphatic rings. The van der Waals surface area contributed by atoms with Crippen molar-refractivity contribution in [1.82, 2.24) is 5.32 Å². The third kappa shape index (κ3) is 3.25. The SMILES string of the molecule is CC1CCC(NC(=O)c2cc(F)ccc2O)CC1C. The minimum atomic E-state index is -0.520. The molecule has 0 heterocycles. The third-order valence-electron chi connectivity index (χ3n) is 4.14. The number of halogens is 1. The molecule has 3 unspecified atom stereocenters. The van der Waals surface area contributed by atoms with E-state index in [-0.39, 0.29) is 17.4 Å². The number of rotatable bonds is 2. The molecular weight excluding hydrogens is 245 g/mol. The number of phenols is 1. The molecular formula is C15H20FNO2. The van der Waals surface area contributed by atoms with Gasteiger partial charge in [-0.25, -0.2) is 4.39 Å². The van der Waals surface area contributed by atoms with Crippen LogP contribution in [0, 0.1) is 17.7 Å². The van der Waals surface area contributed by atoms with E-state index in [1.165, 1.54) is 6.07 Å². The summed E-state index contributed by atoms with van der Waals surface area (Å²) in [5.41, 5.74) is 0.00581. The molecule has 1 fully saturated rings. The summed E-state index contributed by atoms with van der Waals surface area (Å²) < 4.78 is 13.1. The number of phenolic OH excluding ortho intramolecular Hbond substituents is 1. The number of hydrogen-bond acceptors (Lipinski definition) is 2. The maximum atomic E-state index is 13.1. The Balaban J connectivity index is 2.03. The van der Waals surface area contributed by atoms with E-state index in [1.807, 2.05) is 0 Å². The van der Waals surface area contributed by atoms with Crippen LogP contribution in [-0.4, -0.2) is 17.1 Å². The van der Waals surface area contributed by atoms with Crippen LogP contribution in [-0.2, 0) is 0 Å². The van der Waals surface area contributed by atoms with Crippen LogP contribution in [0.1, 0.15) is 43.5 Å². The molecule has 0 aliphatic heterocycles. The van der Waals surface area contributed by atoms with Crippen molar-refractivity contribution in [2.24, 2.45) is 11.8 Å². The van der Waals surface area contributed by atoms with Gasteiger partial charge in [0.2, 0.25) is 0 Å². The topological polar surface area (TPSA) is 49.3 Å². The first-order chi connectivity index (χ1) is 8.97. The predicted molar refractivity (Wildman–Crippen MR) is 71.5 cm³/mol. The molecule has 0 spiro atoms. The maximum absolute atomic E-state index is 13.1. The van der Waals surface area contributed by atoms with Gasteiger partial charge >= 0.3 is 0 Å². The molecule has 0 radical (unpaired) electrons. The first-order valence-electron chi connectivity index (χ1n) is 6.76. The molecule has 2 N–H and O–H groups in total. The fourth-order valence-electron chi connectivity index (χ4n) is 2.63. The highest BCUT2D eigenvalue weighted by molar-refractivity contribution is 5.96. The lowest BCUT2D eigenvalue weighted by Gasteiger charge is -2.32. The summed E-state index contributed by atoms with van der Waals surface area (Å²) >= 11 is 0. The molecule has 0 aromatic heterocycles. The second-order valence-corrected chi connectivity index (χ2v) is 5.60. The zero-order valence-electron chi connectivity index (χ0n) is 11.3. The van der Waals surface area contributed by atoms with Gasteiger partial charge in [-0.05, 0) is 49.3 Å². The lowest BCUT2D eigenvalue weighted by molar-refractivity contribution is 0.0907. The smallest absolute Gasteiger partial charge is 0.255 e. The number of nitrogens with one attached hydrogen (secondary N) is 1. The summed E-state index contributed by atoms with van der Waals surface area (Å²) in [5.74, 6) is 0.143. The lowest BCUT2D eigenvalue weighted by atomic mass is 9.79. The fraction of sp³-hybridized carbons (Fsp3) is 0.533. The quantitative estimate of drug-likeness (QED) is 0.863. The van der Waals surface area contributed by atoms with Gasteiger partial charge in [-0.2, -0.15) is 0 Å². The summed E-state index contributed by atoms with van der Waals surface area (Å²) in [7, 11) is 0. The van der Waals surface area contributed by atoms with Crippen LogP contribution < -0.4 is 5.32 Å². The van der Waals surface area contributed by atoms with Gasteiger partial charge in [0, 0.05) is 6.04 Å². The molecule has 3 nitrogen and oxygen atoms in total. The molecule has 1 amide bonds. The number of benzene rings is 1. The van der Waals surface area contributed by atoms with Crippen molar-refractivity contribution in [2.75, 3.05) is 0 Å². The Hall–Kier alpha value is -1.58. The van der Waals surface area contributed by atoms with Crippen molar-refractivity contribution >= 4 is 5.91 Å². The number of carbonyl (C=O) groups is 1. The molecule has 1 aromatic carbocycles. The van der Waals surface area contributed by atoms with Crippen LogP contribution in [0.2, 0.25) is 0 Å². The average molecular weight is 265 g/mol. The Morgan fingerprint density at radius 2 is 2.05 bits per heavy atom. The van der Waals surface area contributed by atoms with E-state index in [2.05, 4.69) is 19.2 Å². The van der Waals surface area contributed by atoms with E-state index in [4.69, 9.17) is 0 Å². The molecule has 19 heavy (non-hydrogen) atoms. The van der Waals surface area contributed by atoms with Crippen molar-refractivity contribution < 1.29 is 14.3 Å². The standard InChI is InChI=1S/C15H20FNO2/c1-9-3-5-12(7-10(9)2)17-15(19)13-8-11(16)4-6-14(13)18/h4,6,8-10,12,18H,3,5,7H2,1-2H3,(H,17,19). The zero-order valence-corrected chi connectivity index (χ0v) is 11.3. The van der Waals surface area contributed by atoms with Gasteiger partial charge in [0.15, 0.2) is 0 Å². The fourth-order valence-corrected chi connectivity index (χ4v) is 2.63. The van der Waals surface area contributed by atoms with Gasteiger partial charge in [-0.3, -0.25) is 4.79 Å². The molecule has 3 atom stereocenters. The summed E-state index contributed by atoms with van der Waals surface area (Å²) in [5, 5.41) is 12.5. The second-order valence-electron chi connectivity index (χ2n) is 5.60. The van der Waals surface area contributed by atoms with E-state index in [9.17, 15) is 14.3 Å². The molecule has 1 aromatic rings. The number of hydrogen-bond donors (Lipinski definition) is 2.